The summed E-state index contributed by atoms with van der Waals surface area (Å²) in [5, 5.41) is 3.40. The van der Waals surface area contributed by atoms with E-state index in [1.807, 2.05) is 6.07 Å². The maximum Gasteiger partial charge on any atom is 0.120 e. The van der Waals surface area contributed by atoms with Crippen LogP contribution >= 0.6 is 0 Å². The minimum atomic E-state index is 0.472. The van der Waals surface area contributed by atoms with E-state index in [1.54, 1.807) is 0 Å². The summed E-state index contributed by atoms with van der Waals surface area (Å²) in [7, 11) is 0. The first-order valence-corrected chi connectivity index (χ1v) is 6.90. The van der Waals surface area contributed by atoms with E-state index in [0.29, 0.717) is 12.1 Å². The third-order valence-electron chi connectivity index (χ3n) is 2.86. The second-order valence-electron chi connectivity index (χ2n) is 5.19. The monoisotopic (exact) mass is 245 g/mol. The third kappa shape index (κ3) is 4.92. The Morgan fingerprint density at radius 1 is 1.39 bits per heavy atom. The first-order valence-electron chi connectivity index (χ1n) is 6.90. The Hall–Kier alpha value is -1.28. The molecule has 0 heterocycles. The fourth-order valence-corrected chi connectivity index (χ4v) is 1.74. The van der Waals surface area contributed by atoms with Gasteiger partial charge in [-0.3, -0.25) is 0 Å². The molecule has 1 aromatic rings. The number of benzene rings is 1. The van der Waals surface area contributed by atoms with Gasteiger partial charge in [0.05, 0.1) is 6.10 Å². The van der Waals surface area contributed by atoms with Crippen molar-refractivity contribution in [3.05, 3.63) is 35.9 Å². The standard InChI is InChI=1S/C16H23NO/c1-13(2)17-11-4-3-6-14-7-5-8-16(12-14)18-15-9-10-15/h3,5-8,12-13,15,17H,4,9-11H2,1-2H3/b6-3+. The molecule has 0 aromatic heterocycles. The van der Waals surface area contributed by atoms with E-state index in [4.69, 9.17) is 4.74 Å². The molecule has 0 aliphatic heterocycles. The van der Waals surface area contributed by atoms with E-state index in [2.05, 4.69) is 49.5 Å². The molecule has 2 heteroatoms. The lowest BCUT2D eigenvalue weighted by molar-refractivity contribution is 0.303. The summed E-state index contributed by atoms with van der Waals surface area (Å²) in [6.07, 6.45) is 8.33. The minimum Gasteiger partial charge on any atom is -0.490 e. The van der Waals surface area contributed by atoms with Crippen molar-refractivity contribution in [2.45, 2.75) is 45.3 Å². The summed E-state index contributed by atoms with van der Waals surface area (Å²) >= 11 is 0. The van der Waals surface area contributed by atoms with Crippen molar-refractivity contribution >= 4 is 6.08 Å². The zero-order valence-corrected chi connectivity index (χ0v) is 11.4. The second kappa shape index (κ2) is 6.60. The van der Waals surface area contributed by atoms with Crippen molar-refractivity contribution in [2.75, 3.05) is 6.54 Å². The van der Waals surface area contributed by atoms with E-state index >= 15 is 0 Å². The second-order valence-corrected chi connectivity index (χ2v) is 5.19. The van der Waals surface area contributed by atoms with Gasteiger partial charge >= 0.3 is 0 Å². The van der Waals surface area contributed by atoms with Gasteiger partial charge < -0.3 is 10.1 Å². The zero-order chi connectivity index (χ0) is 12.8. The molecule has 1 aliphatic carbocycles. The van der Waals surface area contributed by atoms with Crippen LogP contribution in [0.25, 0.3) is 6.08 Å². The molecule has 0 bridgehead atoms. The Kier molecular flexibility index (Phi) is 4.82. The maximum atomic E-state index is 5.78. The van der Waals surface area contributed by atoms with Crippen LogP contribution in [0, 0.1) is 0 Å². The van der Waals surface area contributed by atoms with Crippen molar-refractivity contribution in [3.63, 3.8) is 0 Å². The van der Waals surface area contributed by atoms with Gasteiger partial charge in [-0.05, 0) is 43.5 Å². The average Bonchev–Trinajstić information content (AvgIpc) is 3.13. The number of hydrogen-bond acceptors (Lipinski definition) is 2. The van der Waals surface area contributed by atoms with Crippen LogP contribution in [0.1, 0.15) is 38.7 Å². The molecule has 2 rings (SSSR count). The van der Waals surface area contributed by atoms with E-state index in [-0.39, 0.29) is 0 Å². The number of nitrogens with one attached hydrogen (secondary N) is 1. The molecule has 1 fully saturated rings. The van der Waals surface area contributed by atoms with Crippen molar-refractivity contribution in [2.24, 2.45) is 0 Å². The Morgan fingerprint density at radius 3 is 2.94 bits per heavy atom. The minimum absolute atomic E-state index is 0.472. The van der Waals surface area contributed by atoms with E-state index in [1.165, 1.54) is 18.4 Å². The van der Waals surface area contributed by atoms with Crippen molar-refractivity contribution in [1.29, 1.82) is 0 Å². The van der Waals surface area contributed by atoms with Crippen LogP contribution in [0.3, 0.4) is 0 Å². The number of hydrogen-bond donors (Lipinski definition) is 1. The highest BCUT2D eigenvalue weighted by atomic mass is 16.5. The normalized spacial score (nSPS) is 15.5. The molecular formula is C16H23NO. The Bertz CT molecular complexity index is 394. The molecule has 0 radical (unpaired) electrons. The summed E-state index contributed by atoms with van der Waals surface area (Å²) < 4.78 is 5.78. The molecule has 1 aliphatic rings. The Labute approximate surface area is 110 Å². The van der Waals surface area contributed by atoms with Gasteiger partial charge in [0, 0.05) is 6.04 Å². The largest absolute Gasteiger partial charge is 0.490 e. The third-order valence-corrected chi connectivity index (χ3v) is 2.86. The molecule has 1 saturated carbocycles. The average molecular weight is 245 g/mol. The summed E-state index contributed by atoms with van der Waals surface area (Å²) in [6, 6.07) is 8.89. The summed E-state index contributed by atoms with van der Waals surface area (Å²) in [5.74, 6) is 1.000. The first kappa shape index (κ1) is 13.2. The highest BCUT2D eigenvalue weighted by Gasteiger charge is 2.23. The van der Waals surface area contributed by atoms with Crippen molar-refractivity contribution in [3.8, 4) is 5.75 Å². The fourth-order valence-electron chi connectivity index (χ4n) is 1.74. The smallest absolute Gasteiger partial charge is 0.120 e. The highest BCUT2D eigenvalue weighted by molar-refractivity contribution is 5.51. The molecule has 18 heavy (non-hydrogen) atoms. The molecule has 0 saturated heterocycles. The summed E-state index contributed by atoms with van der Waals surface area (Å²) in [4.78, 5) is 0. The van der Waals surface area contributed by atoms with Gasteiger partial charge in [-0.1, -0.05) is 38.1 Å². The molecule has 0 spiro atoms. The van der Waals surface area contributed by atoms with Gasteiger partial charge in [0.25, 0.3) is 0 Å². The molecular weight excluding hydrogens is 222 g/mol. The van der Waals surface area contributed by atoms with Gasteiger partial charge in [0.15, 0.2) is 0 Å². The van der Waals surface area contributed by atoms with Crippen LogP contribution in [-0.4, -0.2) is 18.7 Å². The molecule has 98 valence electrons. The lowest BCUT2D eigenvalue weighted by atomic mass is 10.2. The van der Waals surface area contributed by atoms with Crippen LogP contribution in [-0.2, 0) is 0 Å². The predicted molar refractivity (Wildman–Crippen MR) is 76.9 cm³/mol. The molecule has 2 nitrogen and oxygen atoms in total. The highest BCUT2D eigenvalue weighted by Crippen LogP contribution is 2.27. The predicted octanol–water partition coefficient (Wildman–Crippen LogP) is 3.63. The van der Waals surface area contributed by atoms with Gasteiger partial charge in [-0.2, -0.15) is 0 Å². The number of rotatable bonds is 7. The molecule has 0 atom stereocenters. The molecule has 1 N–H and O–H groups in total. The molecule has 1 aromatic carbocycles. The van der Waals surface area contributed by atoms with E-state index in [9.17, 15) is 0 Å². The lowest BCUT2D eigenvalue weighted by Crippen LogP contribution is -2.23. The van der Waals surface area contributed by atoms with E-state index < -0.39 is 0 Å². The molecule has 0 unspecified atom stereocenters. The van der Waals surface area contributed by atoms with Crippen LogP contribution in [0.15, 0.2) is 30.3 Å². The zero-order valence-electron chi connectivity index (χ0n) is 11.4. The quantitative estimate of drug-likeness (QED) is 0.741. The fraction of sp³-hybridized carbons (Fsp3) is 0.500. The number of ether oxygens (including phenoxy) is 1. The van der Waals surface area contributed by atoms with Gasteiger partial charge in [-0.15, -0.1) is 0 Å². The summed E-state index contributed by atoms with van der Waals surface area (Å²) in [6.45, 7) is 5.37. The summed E-state index contributed by atoms with van der Waals surface area (Å²) in [5.41, 5.74) is 1.22. The first-order chi connectivity index (χ1) is 8.74. The Balaban J connectivity index is 1.78. The van der Waals surface area contributed by atoms with Gasteiger partial charge in [-0.25, -0.2) is 0 Å². The Morgan fingerprint density at radius 2 is 2.22 bits per heavy atom. The van der Waals surface area contributed by atoms with Gasteiger partial charge in [0.2, 0.25) is 0 Å². The van der Waals surface area contributed by atoms with Crippen LogP contribution < -0.4 is 10.1 Å². The van der Waals surface area contributed by atoms with Crippen LogP contribution in [0.5, 0.6) is 5.75 Å². The van der Waals surface area contributed by atoms with Crippen molar-refractivity contribution < 1.29 is 4.74 Å². The van der Waals surface area contributed by atoms with Gasteiger partial charge in [0.1, 0.15) is 5.75 Å². The molecule has 0 amide bonds. The topological polar surface area (TPSA) is 21.3 Å². The van der Waals surface area contributed by atoms with Crippen LogP contribution in [0.2, 0.25) is 0 Å². The van der Waals surface area contributed by atoms with E-state index in [0.717, 1.165) is 18.7 Å². The lowest BCUT2D eigenvalue weighted by Gasteiger charge is -2.05. The van der Waals surface area contributed by atoms with Crippen molar-refractivity contribution in [1.82, 2.24) is 5.32 Å². The van der Waals surface area contributed by atoms with Crippen LogP contribution in [0.4, 0.5) is 0 Å². The SMILES string of the molecule is CC(C)NCC/C=C/c1cccc(OC2CC2)c1. The maximum absolute atomic E-state index is 5.78.